The van der Waals surface area contributed by atoms with Gasteiger partial charge in [-0.2, -0.15) is 0 Å². The molecule has 21 heavy (non-hydrogen) atoms. The average molecular weight is 326 g/mol. The average Bonchev–Trinajstić information content (AvgIpc) is 2.79. The third-order valence-electron chi connectivity index (χ3n) is 4.45. The lowest BCUT2D eigenvalue weighted by atomic mass is 10.1. The van der Waals surface area contributed by atoms with Crippen molar-refractivity contribution in [3.8, 4) is 0 Å². The van der Waals surface area contributed by atoms with Crippen LogP contribution in [0.15, 0.2) is 24.3 Å². The van der Waals surface area contributed by atoms with Crippen molar-refractivity contribution in [2.75, 3.05) is 12.3 Å². The number of rotatable bonds is 6. The van der Waals surface area contributed by atoms with Gasteiger partial charge in [0.2, 0.25) is 0 Å². The van der Waals surface area contributed by atoms with E-state index in [1.54, 1.807) is 0 Å². The summed E-state index contributed by atoms with van der Waals surface area (Å²) in [6.07, 6.45) is 3.78. The molecule has 5 atom stereocenters. The Kier molecular flexibility index (Phi) is 6.63. The fraction of sp³-hybridized carbons (Fsp3) is 0.647. The van der Waals surface area contributed by atoms with Crippen LogP contribution < -0.4 is 10.6 Å². The van der Waals surface area contributed by atoms with Crippen molar-refractivity contribution in [3.05, 3.63) is 24.3 Å². The molecule has 0 spiro atoms. The van der Waals surface area contributed by atoms with Gasteiger partial charge in [0.05, 0.1) is 12.2 Å². The van der Waals surface area contributed by atoms with E-state index in [1.807, 2.05) is 0 Å². The van der Waals surface area contributed by atoms with E-state index in [4.69, 9.17) is 0 Å². The summed E-state index contributed by atoms with van der Waals surface area (Å²) in [5, 5.41) is 22.9. The van der Waals surface area contributed by atoms with Crippen LogP contribution in [0.4, 0.5) is 0 Å². The molecule has 0 aliphatic carbocycles. The minimum Gasteiger partial charge on any atom is -0.393 e. The molecule has 0 bridgehead atoms. The first-order valence-corrected chi connectivity index (χ1v) is 10.8. The molecule has 1 aromatic carbocycles. The Bertz CT molecular complexity index is 450. The molecule has 4 unspecified atom stereocenters. The molecular formula is C17H28O2P2. The van der Waals surface area contributed by atoms with Gasteiger partial charge in [0.1, 0.15) is 0 Å². The van der Waals surface area contributed by atoms with Gasteiger partial charge >= 0.3 is 0 Å². The lowest BCUT2D eigenvalue weighted by Crippen LogP contribution is -2.25. The molecule has 2 N–H and O–H groups in total. The van der Waals surface area contributed by atoms with Gasteiger partial charge in [0.25, 0.3) is 0 Å². The molecule has 1 aliphatic rings. The number of aliphatic hydroxyl groups is 2. The largest absolute Gasteiger partial charge is 0.393 e. The predicted octanol–water partition coefficient (Wildman–Crippen LogP) is 2.66. The molecule has 0 amide bonds. The van der Waals surface area contributed by atoms with E-state index < -0.39 is 0 Å². The summed E-state index contributed by atoms with van der Waals surface area (Å²) >= 11 is 0. The third kappa shape index (κ3) is 4.49. The van der Waals surface area contributed by atoms with Crippen LogP contribution in [0, 0.1) is 5.92 Å². The maximum Gasteiger partial charge on any atom is 0.0611 e. The van der Waals surface area contributed by atoms with Crippen LogP contribution in [0.3, 0.4) is 0 Å². The fourth-order valence-electron chi connectivity index (χ4n) is 2.83. The van der Waals surface area contributed by atoms with Crippen LogP contribution in [0.1, 0.15) is 33.6 Å². The highest BCUT2D eigenvalue weighted by Crippen LogP contribution is 2.48. The Hall–Kier alpha value is -0.0000000000000000208. The topological polar surface area (TPSA) is 40.5 Å². The first-order valence-electron chi connectivity index (χ1n) is 7.96. The molecule has 2 nitrogen and oxygen atoms in total. The Balaban J connectivity index is 2.01. The van der Waals surface area contributed by atoms with Gasteiger partial charge in [0, 0.05) is 5.66 Å². The lowest BCUT2D eigenvalue weighted by Gasteiger charge is -2.22. The molecule has 1 heterocycles. The van der Waals surface area contributed by atoms with Gasteiger partial charge < -0.3 is 10.2 Å². The zero-order chi connectivity index (χ0) is 15.4. The van der Waals surface area contributed by atoms with E-state index in [1.165, 1.54) is 10.6 Å². The van der Waals surface area contributed by atoms with Crippen LogP contribution in [-0.4, -0.2) is 40.4 Å². The number of hydrogen-bond acceptors (Lipinski definition) is 2. The second-order valence-electron chi connectivity index (χ2n) is 6.33. The summed E-state index contributed by atoms with van der Waals surface area (Å²) in [5.41, 5.74) is 0.423. The molecule has 1 saturated heterocycles. The zero-order valence-electron chi connectivity index (χ0n) is 13.3. The smallest absolute Gasteiger partial charge is 0.0611 e. The van der Waals surface area contributed by atoms with E-state index in [-0.39, 0.29) is 20.1 Å². The fourth-order valence-corrected chi connectivity index (χ4v) is 7.54. The highest BCUT2D eigenvalue weighted by molar-refractivity contribution is 7.68. The highest BCUT2D eigenvalue weighted by Gasteiger charge is 2.32. The second kappa shape index (κ2) is 8.02. The Labute approximate surface area is 131 Å². The number of benzene rings is 1. The van der Waals surface area contributed by atoms with Crippen LogP contribution >= 0.6 is 16.5 Å². The second-order valence-corrected chi connectivity index (χ2v) is 10.4. The zero-order valence-corrected chi connectivity index (χ0v) is 15.2. The van der Waals surface area contributed by atoms with Gasteiger partial charge in [-0.15, -0.1) is 0 Å². The maximum absolute atomic E-state index is 10.0. The summed E-state index contributed by atoms with van der Waals surface area (Å²) in [6.45, 7) is 6.35. The van der Waals surface area contributed by atoms with Gasteiger partial charge in [-0.1, -0.05) is 61.5 Å². The molecule has 1 fully saturated rings. The van der Waals surface area contributed by atoms with Crippen molar-refractivity contribution in [1.82, 2.24) is 0 Å². The molecule has 0 aromatic heterocycles. The minimum atomic E-state index is -0.211. The van der Waals surface area contributed by atoms with E-state index >= 15 is 0 Å². The van der Waals surface area contributed by atoms with Crippen molar-refractivity contribution in [1.29, 1.82) is 0 Å². The quantitative estimate of drug-likeness (QED) is 0.789. The van der Waals surface area contributed by atoms with Crippen molar-refractivity contribution >= 4 is 27.1 Å². The van der Waals surface area contributed by atoms with Gasteiger partial charge in [-0.05, 0) is 41.7 Å². The molecule has 1 aliphatic heterocycles. The SMILES string of the molecule is CC(C)[C@@H](O)CCPc1ccccc1P1CCC(O)C1C. The molecule has 118 valence electrons. The first-order chi connectivity index (χ1) is 10.0. The van der Waals surface area contributed by atoms with E-state index in [2.05, 4.69) is 45.0 Å². The van der Waals surface area contributed by atoms with E-state index in [0.717, 1.165) is 33.7 Å². The van der Waals surface area contributed by atoms with Crippen molar-refractivity contribution in [2.24, 2.45) is 5.92 Å². The lowest BCUT2D eigenvalue weighted by molar-refractivity contribution is 0.122. The molecular weight excluding hydrogens is 298 g/mol. The van der Waals surface area contributed by atoms with E-state index in [0.29, 0.717) is 11.6 Å². The molecule has 4 heteroatoms. The standard InChI is InChI=1S/C17H28O2P2/c1-12(2)14(18)8-10-20-16-6-4-5-7-17(16)21-11-9-15(19)13(21)3/h4-7,12-15,18-20H,8-11H2,1-3H3/t13?,14-,15?,21?/m0/s1. The van der Waals surface area contributed by atoms with Crippen LogP contribution in [0.5, 0.6) is 0 Å². The maximum atomic E-state index is 10.0. The van der Waals surface area contributed by atoms with E-state index in [9.17, 15) is 10.2 Å². The van der Waals surface area contributed by atoms with Crippen molar-refractivity contribution in [2.45, 2.75) is 51.5 Å². The Morgan fingerprint density at radius 3 is 2.67 bits per heavy atom. The summed E-state index contributed by atoms with van der Waals surface area (Å²) in [5.74, 6) is 0.347. The van der Waals surface area contributed by atoms with Crippen LogP contribution in [0.25, 0.3) is 0 Å². The third-order valence-corrected chi connectivity index (χ3v) is 9.10. The van der Waals surface area contributed by atoms with Crippen molar-refractivity contribution < 1.29 is 10.2 Å². The molecule has 1 aromatic rings. The Morgan fingerprint density at radius 1 is 1.33 bits per heavy atom. The summed E-state index contributed by atoms with van der Waals surface area (Å²) in [7, 11) is 0.560. The minimum absolute atomic E-state index is 0.115. The summed E-state index contributed by atoms with van der Waals surface area (Å²) in [6, 6.07) is 8.76. The predicted molar refractivity (Wildman–Crippen MR) is 96.2 cm³/mol. The summed E-state index contributed by atoms with van der Waals surface area (Å²) in [4.78, 5) is 0. The van der Waals surface area contributed by atoms with Crippen LogP contribution in [0.2, 0.25) is 0 Å². The van der Waals surface area contributed by atoms with Gasteiger partial charge in [0.15, 0.2) is 0 Å². The van der Waals surface area contributed by atoms with Crippen molar-refractivity contribution in [3.63, 3.8) is 0 Å². The van der Waals surface area contributed by atoms with Gasteiger partial charge in [-0.3, -0.25) is 0 Å². The van der Waals surface area contributed by atoms with Crippen LogP contribution in [-0.2, 0) is 0 Å². The molecule has 0 saturated carbocycles. The first kappa shape index (κ1) is 17.4. The monoisotopic (exact) mass is 326 g/mol. The normalized spacial score (nSPS) is 27.8. The number of hydrogen-bond donors (Lipinski definition) is 2. The molecule has 2 rings (SSSR count). The van der Waals surface area contributed by atoms with Gasteiger partial charge in [-0.25, -0.2) is 0 Å². The highest BCUT2D eigenvalue weighted by atomic mass is 31.1. The Morgan fingerprint density at radius 2 is 2.05 bits per heavy atom. The molecule has 0 radical (unpaired) electrons. The number of aliphatic hydroxyl groups excluding tert-OH is 2. The summed E-state index contributed by atoms with van der Waals surface area (Å²) < 4.78 is 0.